The van der Waals surface area contributed by atoms with Crippen LogP contribution in [0.4, 0.5) is 11.4 Å². The molecule has 0 bridgehead atoms. The molecular weight excluding hydrogens is 438 g/mol. The van der Waals surface area contributed by atoms with Gasteiger partial charge < -0.3 is 29.4 Å². The fourth-order valence-corrected chi connectivity index (χ4v) is 4.10. The first-order valence-corrected chi connectivity index (χ1v) is 11.0. The van der Waals surface area contributed by atoms with E-state index < -0.39 is 0 Å². The van der Waals surface area contributed by atoms with Crippen LogP contribution in [0.2, 0.25) is 0 Å². The molecule has 1 saturated heterocycles. The summed E-state index contributed by atoms with van der Waals surface area (Å²) in [5, 5.41) is 5.73. The molecule has 2 N–H and O–H groups in total. The smallest absolute Gasteiger partial charge is 0.289 e. The Balaban J connectivity index is 1.21. The Hall–Kier alpha value is -4.27. The maximum Gasteiger partial charge on any atom is 0.289 e. The molecule has 0 spiro atoms. The molecule has 0 atom stereocenters. The third-order valence-electron chi connectivity index (χ3n) is 5.94. The molecule has 1 fully saturated rings. The maximum absolute atomic E-state index is 12.9. The van der Waals surface area contributed by atoms with E-state index in [2.05, 4.69) is 10.6 Å². The Morgan fingerprint density at radius 3 is 2.47 bits per heavy atom. The van der Waals surface area contributed by atoms with E-state index in [0.29, 0.717) is 60.1 Å². The zero-order valence-electron chi connectivity index (χ0n) is 18.3. The number of furan rings is 1. The normalized spacial score (nSPS) is 15.1. The summed E-state index contributed by atoms with van der Waals surface area (Å²) in [5.41, 5.74) is 1.34. The Bertz CT molecular complexity index is 1220. The molecule has 5 rings (SSSR count). The lowest BCUT2D eigenvalue weighted by atomic mass is 9.95. The summed E-state index contributed by atoms with van der Waals surface area (Å²) < 4.78 is 15.8. The van der Waals surface area contributed by atoms with Gasteiger partial charge in [-0.25, -0.2) is 0 Å². The highest BCUT2D eigenvalue weighted by Gasteiger charge is 2.29. The van der Waals surface area contributed by atoms with Crippen molar-refractivity contribution in [1.82, 2.24) is 4.90 Å². The summed E-state index contributed by atoms with van der Waals surface area (Å²) in [6.45, 7) is 1.07. The monoisotopic (exact) mass is 461 g/mol. The van der Waals surface area contributed by atoms with Crippen molar-refractivity contribution >= 4 is 29.1 Å². The third kappa shape index (κ3) is 4.45. The van der Waals surface area contributed by atoms with Gasteiger partial charge >= 0.3 is 0 Å². The topological polar surface area (TPSA) is 110 Å². The number of hydrogen-bond acceptors (Lipinski definition) is 6. The number of para-hydroxylation sites is 1. The summed E-state index contributed by atoms with van der Waals surface area (Å²) in [5.74, 6) is 0.534. The van der Waals surface area contributed by atoms with Crippen LogP contribution in [-0.2, 0) is 4.79 Å². The highest BCUT2D eigenvalue weighted by molar-refractivity contribution is 6.10. The van der Waals surface area contributed by atoms with Gasteiger partial charge in [0.1, 0.15) is 0 Å². The van der Waals surface area contributed by atoms with Gasteiger partial charge in [0.25, 0.3) is 11.8 Å². The highest BCUT2D eigenvalue weighted by atomic mass is 16.7. The Morgan fingerprint density at radius 2 is 1.68 bits per heavy atom. The lowest BCUT2D eigenvalue weighted by molar-refractivity contribution is -0.121. The number of amides is 3. The molecule has 2 aliphatic rings. The molecule has 0 aliphatic carbocycles. The number of hydrogen-bond donors (Lipinski definition) is 2. The average Bonchev–Trinajstić information content (AvgIpc) is 3.56. The molecule has 2 aliphatic heterocycles. The van der Waals surface area contributed by atoms with E-state index in [-0.39, 0.29) is 30.4 Å². The first kappa shape index (κ1) is 21.6. The van der Waals surface area contributed by atoms with Crippen molar-refractivity contribution in [3.8, 4) is 11.5 Å². The number of anilines is 2. The van der Waals surface area contributed by atoms with Crippen molar-refractivity contribution in [3.63, 3.8) is 0 Å². The first-order chi connectivity index (χ1) is 16.6. The van der Waals surface area contributed by atoms with Crippen molar-refractivity contribution in [1.29, 1.82) is 0 Å². The quantitative estimate of drug-likeness (QED) is 0.599. The zero-order chi connectivity index (χ0) is 23.5. The lowest BCUT2D eigenvalue weighted by Crippen LogP contribution is -2.41. The van der Waals surface area contributed by atoms with Crippen LogP contribution >= 0.6 is 0 Å². The molecule has 34 heavy (non-hydrogen) atoms. The second-order valence-electron chi connectivity index (χ2n) is 8.10. The van der Waals surface area contributed by atoms with Gasteiger partial charge in [0, 0.05) is 30.8 Å². The zero-order valence-corrected chi connectivity index (χ0v) is 18.3. The van der Waals surface area contributed by atoms with Crippen LogP contribution in [0.15, 0.2) is 65.3 Å². The largest absolute Gasteiger partial charge is 0.459 e. The second kappa shape index (κ2) is 9.30. The molecule has 0 saturated carbocycles. The van der Waals surface area contributed by atoms with E-state index in [0.717, 1.165) is 0 Å². The molecule has 0 unspecified atom stereocenters. The Kier molecular flexibility index (Phi) is 5.90. The second-order valence-corrected chi connectivity index (χ2v) is 8.10. The van der Waals surface area contributed by atoms with E-state index in [4.69, 9.17) is 13.9 Å². The predicted octanol–water partition coefficient (Wildman–Crippen LogP) is 3.75. The first-order valence-electron chi connectivity index (χ1n) is 11.0. The van der Waals surface area contributed by atoms with E-state index >= 15 is 0 Å². The fourth-order valence-electron chi connectivity index (χ4n) is 4.10. The summed E-state index contributed by atoms with van der Waals surface area (Å²) in [6.07, 6.45) is 2.53. The minimum atomic E-state index is -0.353. The van der Waals surface area contributed by atoms with Gasteiger partial charge in [-0.1, -0.05) is 12.1 Å². The van der Waals surface area contributed by atoms with Crippen molar-refractivity contribution in [2.45, 2.75) is 12.8 Å². The minimum Gasteiger partial charge on any atom is -0.459 e. The molecule has 9 heteroatoms. The number of fused-ring (bicyclic) bond motifs is 1. The molecule has 3 amide bonds. The molecule has 9 nitrogen and oxygen atoms in total. The number of likely N-dealkylation sites (tertiary alicyclic amines) is 1. The van der Waals surface area contributed by atoms with Crippen molar-refractivity contribution < 1.29 is 28.3 Å². The number of carbonyl (C=O) groups is 3. The number of nitrogens with zero attached hydrogens (tertiary/aromatic N) is 1. The van der Waals surface area contributed by atoms with Gasteiger partial charge in [0.05, 0.1) is 17.5 Å². The van der Waals surface area contributed by atoms with Gasteiger partial charge in [0.15, 0.2) is 17.3 Å². The summed E-state index contributed by atoms with van der Waals surface area (Å²) in [4.78, 5) is 40.0. The Labute approximate surface area is 195 Å². The predicted molar refractivity (Wildman–Crippen MR) is 123 cm³/mol. The number of piperidine rings is 1. The van der Waals surface area contributed by atoms with Crippen LogP contribution in [0.5, 0.6) is 11.5 Å². The van der Waals surface area contributed by atoms with Crippen molar-refractivity contribution in [2.24, 2.45) is 5.92 Å². The molecule has 174 valence electrons. The lowest BCUT2D eigenvalue weighted by Gasteiger charge is -2.30. The summed E-state index contributed by atoms with van der Waals surface area (Å²) >= 11 is 0. The van der Waals surface area contributed by atoms with E-state index in [9.17, 15) is 14.4 Å². The van der Waals surface area contributed by atoms with Crippen LogP contribution in [0, 0.1) is 5.92 Å². The minimum absolute atomic E-state index is 0.150. The molecular formula is C25H23N3O6. The average molecular weight is 461 g/mol. The van der Waals surface area contributed by atoms with Crippen LogP contribution in [0.1, 0.15) is 33.8 Å². The van der Waals surface area contributed by atoms with Crippen LogP contribution in [0.3, 0.4) is 0 Å². The van der Waals surface area contributed by atoms with E-state index in [1.807, 2.05) is 0 Å². The molecule has 2 aromatic carbocycles. The standard InChI is InChI=1S/C25H23N3O6/c29-23(16-9-11-28(12-10-16)25(31)21-6-3-13-32-21)27-19-5-2-1-4-18(19)24(30)26-17-7-8-20-22(14-17)34-15-33-20/h1-8,13-14,16H,9-12,15H2,(H,26,30)(H,27,29). The third-order valence-corrected chi connectivity index (χ3v) is 5.94. The van der Waals surface area contributed by atoms with Gasteiger partial charge in [0.2, 0.25) is 12.7 Å². The molecule has 3 heterocycles. The summed E-state index contributed by atoms with van der Waals surface area (Å²) in [7, 11) is 0. The van der Waals surface area contributed by atoms with Gasteiger partial charge in [-0.15, -0.1) is 0 Å². The van der Waals surface area contributed by atoms with Gasteiger partial charge in [-0.3, -0.25) is 14.4 Å². The molecule has 0 radical (unpaired) electrons. The number of benzene rings is 2. The molecule has 1 aromatic heterocycles. The number of ether oxygens (including phenoxy) is 2. The highest BCUT2D eigenvalue weighted by Crippen LogP contribution is 2.34. The van der Waals surface area contributed by atoms with E-state index in [1.54, 1.807) is 59.5 Å². The van der Waals surface area contributed by atoms with Gasteiger partial charge in [-0.2, -0.15) is 0 Å². The number of carbonyl (C=O) groups excluding carboxylic acids is 3. The SMILES string of the molecule is O=C(Nc1ccc2c(c1)OCO2)c1ccccc1NC(=O)C1CCN(C(=O)c2ccco2)CC1. The van der Waals surface area contributed by atoms with Crippen LogP contribution in [0.25, 0.3) is 0 Å². The number of nitrogens with one attached hydrogen (secondary N) is 2. The van der Waals surface area contributed by atoms with Crippen molar-refractivity contribution in [3.05, 3.63) is 72.2 Å². The Morgan fingerprint density at radius 1 is 0.882 bits per heavy atom. The summed E-state index contributed by atoms with van der Waals surface area (Å²) in [6, 6.07) is 15.3. The maximum atomic E-state index is 12.9. The van der Waals surface area contributed by atoms with Crippen LogP contribution < -0.4 is 20.1 Å². The van der Waals surface area contributed by atoms with Gasteiger partial charge in [-0.05, 0) is 49.2 Å². The fraction of sp³-hybridized carbons (Fsp3) is 0.240. The van der Waals surface area contributed by atoms with Crippen molar-refractivity contribution in [2.75, 3.05) is 30.5 Å². The van der Waals surface area contributed by atoms with Crippen LogP contribution in [-0.4, -0.2) is 42.5 Å². The number of rotatable bonds is 5. The molecule has 3 aromatic rings. The van der Waals surface area contributed by atoms with E-state index in [1.165, 1.54) is 6.26 Å².